The van der Waals surface area contributed by atoms with Crippen LogP contribution >= 0.6 is 0 Å². The van der Waals surface area contributed by atoms with Gasteiger partial charge in [0.15, 0.2) is 5.67 Å². The molecule has 0 saturated heterocycles. The van der Waals surface area contributed by atoms with Gasteiger partial charge in [0.2, 0.25) is 11.6 Å². The second kappa shape index (κ2) is 8.02. The van der Waals surface area contributed by atoms with Crippen LogP contribution in [-0.2, 0) is 0 Å². The highest BCUT2D eigenvalue weighted by molar-refractivity contribution is 5.23. The molecule has 0 aromatic heterocycles. The fraction of sp³-hybridized carbons (Fsp3) is 1.00. The first-order valence-electron chi connectivity index (χ1n) is 8.78. The molecule has 0 aliphatic heterocycles. The van der Waals surface area contributed by atoms with Crippen LogP contribution in [-0.4, -0.2) is 53.5 Å². The topological polar surface area (TPSA) is 0 Å². The summed E-state index contributed by atoms with van der Waals surface area (Å²) in [5.41, 5.74) is -22.9. The van der Waals surface area contributed by atoms with Gasteiger partial charge in [-0.3, -0.25) is 0 Å². The third-order valence-corrected chi connectivity index (χ3v) is 5.79. The Kier molecular flexibility index (Phi) is 7.76. The van der Waals surface area contributed by atoms with E-state index in [0.717, 1.165) is 0 Å². The van der Waals surface area contributed by atoms with Crippen molar-refractivity contribution in [2.45, 2.75) is 94.3 Å². The summed E-state index contributed by atoms with van der Waals surface area (Å²) in [4.78, 5) is 0. The number of hydrogen-bond donors (Lipinski definition) is 0. The molecule has 194 valence electrons. The summed E-state index contributed by atoms with van der Waals surface area (Å²) in [6.07, 6.45) is -11.9. The van der Waals surface area contributed by atoms with Crippen LogP contribution in [0, 0.1) is 5.41 Å². The summed E-state index contributed by atoms with van der Waals surface area (Å²) < 4.78 is 211. The Bertz CT molecular complexity index is 656. The van der Waals surface area contributed by atoms with E-state index < -0.39 is 92.6 Å². The third kappa shape index (κ3) is 4.14. The van der Waals surface area contributed by atoms with Crippen molar-refractivity contribution in [3.63, 3.8) is 0 Å². The molecule has 0 amide bonds. The van der Waals surface area contributed by atoms with E-state index in [2.05, 4.69) is 0 Å². The molecular formula is C17H21F15. The fourth-order valence-electron chi connectivity index (χ4n) is 3.35. The highest BCUT2D eigenvalue weighted by atomic mass is 19.4. The maximum Gasteiger partial charge on any atom is 0.432 e. The van der Waals surface area contributed by atoms with Gasteiger partial charge in [0.05, 0.1) is 5.41 Å². The van der Waals surface area contributed by atoms with Gasteiger partial charge in [0, 0.05) is 13.3 Å². The summed E-state index contributed by atoms with van der Waals surface area (Å²) in [5, 5.41) is 0. The molecule has 0 N–H and O–H groups in total. The summed E-state index contributed by atoms with van der Waals surface area (Å²) >= 11 is 0. The molecule has 0 radical (unpaired) electrons. The van der Waals surface area contributed by atoms with Gasteiger partial charge < -0.3 is 0 Å². The smallest absolute Gasteiger partial charge is 0.247 e. The lowest BCUT2D eigenvalue weighted by Crippen LogP contribution is -2.78. The van der Waals surface area contributed by atoms with E-state index in [9.17, 15) is 61.5 Å². The van der Waals surface area contributed by atoms with Crippen molar-refractivity contribution in [1.82, 2.24) is 0 Å². The van der Waals surface area contributed by atoms with Crippen LogP contribution in [0.25, 0.3) is 0 Å². The zero-order valence-corrected chi connectivity index (χ0v) is 17.3. The maximum atomic E-state index is 15.2. The molecule has 0 aliphatic rings. The molecule has 0 aromatic rings. The molecule has 0 aliphatic carbocycles. The van der Waals surface area contributed by atoms with Crippen molar-refractivity contribution >= 4 is 0 Å². The largest absolute Gasteiger partial charge is 0.432 e. The predicted molar refractivity (Wildman–Crippen MR) is 83.4 cm³/mol. The molecule has 0 fully saturated rings. The number of halogens is 15. The van der Waals surface area contributed by atoms with Crippen LogP contribution in [0.5, 0.6) is 0 Å². The quantitative estimate of drug-likeness (QED) is 0.261. The zero-order chi connectivity index (χ0) is 26.6. The Morgan fingerprint density at radius 3 is 1.19 bits per heavy atom. The van der Waals surface area contributed by atoms with E-state index in [1.165, 1.54) is 0 Å². The van der Waals surface area contributed by atoms with Gasteiger partial charge in [0.1, 0.15) is 6.67 Å². The summed E-state index contributed by atoms with van der Waals surface area (Å²) in [6, 6.07) is 0. The summed E-state index contributed by atoms with van der Waals surface area (Å²) in [6.45, 7) is -5.24. The van der Waals surface area contributed by atoms with E-state index >= 15 is 4.39 Å². The van der Waals surface area contributed by atoms with Crippen molar-refractivity contribution in [2.75, 3.05) is 6.67 Å². The van der Waals surface area contributed by atoms with E-state index in [0.29, 0.717) is 6.92 Å². The maximum absolute atomic E-state index is 15.2. The molecule has 0 nitrogen and oxygen atoms in total. The molecule has 0 aromatic carbocycles. The predicted octanol–water partition coefficient (Wildman–Crippen LogP) is 8.05. The number of rotatable bonds is 10. The second-order valence-corrected chi connectivity index (χ2v) is 8.26. The van der Waals surface area contributed by atoms with Crippen molar-refractivity contribution in [3.05, 3.63) is 0 Å². The zero-order valence-electron chi connectivity index (χ0n) is 17.3. The van der Waals surface area contributed by atoms with Gasteiger partial charge in [-0.25, -0.2) is 35.1 Å². The van der Waals surface area contributed by atoms with Gasteiger partial charge >= 0.3 is 23.7 Å². The normalized spacial score (nSPS) is 22.5. The molecule has 0 bridgehead atoms. The highest BCUT2D eigenvalue weighted by Crippen LogP contribution is 2.66. The lowest BCUT2D eigenvalue weighted by molar-refractivity contribution is -0.414. The van der Waals surface area contributed by atoms with Gasteiger partial charge in [0.25, 0.3) is 5.92 Å². The number of hydrogen-bond acceptors (Lipinski definition) is 0. The minimum Gasteiger partial charge on any atom is -0.247 e. The highest BCUT2D eigenvalue weighted by Gasteiger charge is 2.91. The standard InChI is InChI=1S/C17H21F15/c1-6-10(3,19)14(25,17(30,31)32)16(28,29)15(26,27)13(24,8-18)9(2,12(5,22)23)7-11(4,20)21/h6-8H2,1-5H3. The minimum atomic E-state index is -7.59. The van der Waals surface area contributed by atoms with Gasteiger partial charge in [-0.2, -0.15) is 30.7 Å². The van der Waals surface area contributed by atoms with Gasteiger partial charge in [-0.05, 0) is 20.3 Å². The van der Waals surface area contributed by atoms with Crippen molar-refractivity contribution in [3.8, 4) is 0 Å². The molecule has 0 heterocycles. The van der Waals surface area contributed by atoms with E-state index in [4.69, 9.17) is 0 Å². The molecule has 4 atom stereocenters. The van der Waals surface area contributed by atoms with Crippen molar-refractivity contribution in [2.24, 2.45) is 5.41 Å². The first kappa shape index (κ1) is 30.9. The molecule has 4 unspecified atom stereocenters. The lowest BCUT2D eigenvalue weighted by Gasteiger charge is -2.53. The molecule has 0 spiro atoms. The van der Waals surface area contributed by atoms with Crippen LogP contribution in [0.15, 0.2) is 0 Å². The van der Waals surface area contributed by atoms with Crippen LogP contribution in [0.4, 0.5) is 65.9 Å². The SMILES string of the molecule is CCC(C)(F)C(F)(C(F)(F)F)C(F)(F)C(F)(F)C(F)(CF)C(C)(CC(C)(F)F)C(C)(F)F. The van der Waals surface area contributed by atoms with E-state index in [1.54, 1.807) is 0 Å². The van der Waals surface area contributed by atoms with Crippen LogP contribution in [0.3, 0.4) is 0 Å². The molecule has 15 heteroatoms. The average Bonchev–Trinajstić information content (AvgIpc) is 2.55. The van der Waals surface area contributed by atoms with Gasteiger partial charge in [-0.15, -0.1) is 0 Å². The third-order valence-electron chi connectivity index (χ3n) is 5.79. The molecule has 0 rings (SSSR count). The van der Waals surface area contributed by atoms with Crippen LogP contribution < -0.4 is 0 Å². The lowest BCUT2D eigenvalue weighted by atomic mass is 9.61. The Labute approximate surface area is 173 Å². The Balaban J connectivity index is 7.44. The van der Waals surface area contributed by atoms with E-state index in [-0.39, 0.29) is 6.92 Å². The monoisotopic (exact) mass is 510 g/mol. The van der Waals surface area contributed by atoms with Crippen LogP contribution in [0.2, 0.25) is 0 Å². The first-order valence-corrected chi connectivity index (χ1v) is 8.78. The molecule has 32 heavy (non-hydrogen) atoms. The second-order valence-electron chi connectivity index (χ2n) is 8.26. The van der Waals surface area contributed by atoms with Gasteiger partial charge in [-0.1, -0.05) is 13.8 Å². The Morgan fingerprint density at radius 1 is 0.594 bits per heavy atom. The Morgan fingerprint density at radius 2 is 0.969 bits per heavy atom. The fourth-order valence-corrected chi connectivity index (χ4v) is 3.35. The molecular weight excluding hydrogens is 489 g/mol. The average molecular weight is 510 g/mol. The Hall–Kier alpha value is -1.05. The first-order chi connectivity index (χ1) is 13.6. The number of alkyl halides is 15. The summed E-state index contributed by atoms with van der Waals surface area (Å²) in [5.74, 6) is -24.8. The molecule has 0 saturated carbocycles. The van der Waals surface area contributed by atoms with Crippen molar-refractivity contribution in [1.29, 1.82) is 0 Å². The van der Waals surface area contributed by atoms with E-state index in [1.807, 2.05) is 0 Å². The van der Waals surface area contributed by atoms with Crippen LogP contribution in [0.1, 0.15) is 47.5 Å². The summed E-state index contributed by atoms with van der Waals surface area (Å²) in [7, 11) is 0. The minimum absolute atomic E-state index is 0.267. The van der Waals surface area contributed by atoms with Crippen molar-refractivity contribution < 1.29 is 65.9 Å².